The maximum absolute atomic E-state index is 9.45. The van der Waals surface area contributed by atoms with Crippen molar-refractivity contribution in [3.8, 4) is 0 Å². The third kappa shape index (κ3) is 3.75. The molecule has 3 heterocycles. The van der Waals surface area contributed by atoms with Gasteiger partial charge in [0.05, 0.1) is 0 Å². The molecule has 0 amide bonds. The summed E-state index contributed by atoms with van der Waals surface area (Å²) >= 11 is 0. The molecular formula is C17H28N4O2. The molecule has 6 heteroatoms. The van der Waals surface area contributed by atoms with Gasteiger partial charge in [-0.15, -0.1) is 0 Å². The normalized spacial score (nSPS) is 25.7. The molecule has 0 aliphatic carbocycles. The smallest absolute Gasteiger partial charge is 0.227 e. The van der Waals surface area contributed by atoms with Crippen molar-refractivity contribution in [1.82, 2.24) is 9.97 Å². The Morgan fingerprint density at radius 2 is 1.65 bits per heavy atom. The first kappa shape index (κ1) is 16.5. The van der Waals surface area contributed by atoms with Gasteiger partial charge in [-0.05, 0) is 44.4 Å². The molecule has 2 fully saturated rings. The Morgan fingerprint density at radius 1 is 1.04 bits per heavy atom. The third-order valence-corrected chi connectivity index (χ3v) is 5.07. The molecule has 0 spiro atoms. The van der Waals surface area contributed by atoms with E-state index in [-0.39, 0.29) is 13.2 Å². The molecule has 0 aromatic carbocycles. The minimum atomic E-state index is 0.236. The van der Waals surface area contributed by atoms with Gasteiger partial charge in [0.2, 0.25) is 5.95 Å². The number of anilines is 2. The van der Waals surface area contributed by atoms with E-state index in [2.05, 4.69) is 21.7 Å². The second kappa shape index (κ2) is 7.45. The van der Waals surface area contributed by atoms with E-state index in [1.807, 2.05) is 6.20 Å². The van der Waals surface area contributed by atoms with Crippen molar-refractivity contribution in [2.24, 2.45) is 11.8 Å². The molecule has 128 valence electrons. The quantitative estimate of drug-likeness (QED) is 0.868. The van der Waals surface area contributed by atoms with E-state index >= 15 is 0 Å². The lowest BCUT2D eigenvalue weighted by molar-refractivity contribution is 0.207. The Balaban J connectivity index is 1.78. The molecule has 0 bridgehead atoms. The van der Waals surface area contributed by atoms with Crippen molar-refractivity contribution in [1.29, 1.82) is 0 Å². The molecular weight excluding hydrogens is 292 g/mol. The first-order valence-electron chi connectivity index (χ1n) is 8.76. The van der Waals surface area contributed by atoms with Crippen LogP contribution in [0.5, 0.6) is 0 Å². The molecule has 3 rings (SSSR count). The monoisotopic (exact) mass is 320 g/mol. The highest BCUT2D eigenvalue weighted by Gasteiger charge is 2.25. The minimum Gasteiger partial charge on any atom is -0.396 e. The summed E-state index contributed by atoms with van der Waals surface area (Å²) in [6.07, 6.45) is 6.25. The lowest BCUT2D eigenvalue weighted by atomic mass is 9.99. The molecule has 2 N–H and O–H groups in total. The number of aliphatic hydroxyl groups is 2. The molecule has 23 heavy (non-hydrogen) atoms. The van der Waals surface area contributed by atoms with Crippen molar-refractivity contribution in [3.05, 3.63) is 11.8 Å². The van der Waals surface area contributed by atoms with Crippen molar-refractivity contribution < 1.29 is 10.2 Å². The van der Waals surface area contributed by atoms with Crippen LogP contribution in [0, 0.1) is 18.8 Å². The first-order chi connectivity index (χ1) is 11.2. The average Bonchev–Trinajstić information content (AvgIpc) is 2.62. The van der Waals surface area contributed by atoms with Gasteiger partial charge >= 0.3 is 0 Å². The zero-order chi connectivity index (χ0) is 16.2. The lowest BCUT2D eigenvalue weighted by Gasteiger charge is -2.35. The van der Waals surface area contributed by atoms with E-state index in [9.17, 15) is 10.2 Å². The van der Waals surface area contributed by atoms with Gasteiger partial charge in [-0.2, -0.15) is 4.98 Å². The van der Waals surface area contributed by atoms with Crippen molar-refractivity contribution in [2.45, 2.75) is 32.6 Å². The number of aromatic nitrogens is 2. The Hall–Kier alpha value is -1.40. The van der Waals surface area contributed by atoms with E-state index in [1.165, 1.54) is 0 Å². The molecule has 2 atom stereocenters. The predicted octanol–water partition coefficient (Wildman–Crippen LogP) is 1.20. The van der Waals surface area contributed by atoms with Crippen LogP contribution < -0.4 is 9.80 Å². The zero-order valence-corrected chi connectivity index (χ0v) is 14.0. The Bertz CT molecular complexity index is 525. The van der Waals surface area contributed by atoms with Crippen molar-refractivity contribution in [3.63, 3.8) is 0 Å². The zero-order valence-electron chi connectivity index (χ0n) is 14.0. The third-order valence-electron chi connectivity index (χ3n) is 5.07. The molecule has 2 saturated heterocycles. The van der Waals surface area contributed by atoms with E-state index < -0.39 is 0 Å². The van der Waals surface area contributed by atoms with Crippen LogP contribution >= 0.6 is 0 Å². The molecule has 1 aromatic heterocycles. The van der Waals surface area contributed by atoms with Gasteiger partial charge < -0.3 is 20.0 Å². The first-order valence-corrected chi connectivity index (χ1v) is 8.76. The molecule has 1 aromatic rings. The number of aryl methyl sites for hydroxylation is 1. The van der Waals surface area contributed by atoms with E-state index in [4.69, 9.17) is 4.98 Å². The van der Waals surface area contributed by atoms with Gasteiger partial charge in [0.15, 0.2) is 0 Å². The van der Waals surface area contributed by atoms with E-state index in [0.29, 0.717) is 11.8 Å². The molecule has 2 unspecified atom stereocenters. The SMILES string of the molecule is Cc1cnc(N2CCCC(CO)C2)nc1N1CCCC(CO)C1. The second-order valence-electron chi connectivity index (χ2n) is 6.95. The highest BCUT2D eigenvalue weighted by molar-refractivity contribution is 5.50. The van der Waals surface area contributed by atoms with Crippen LogP contribution in [0.15, 0.2) is 6.20 Å². The standard InChI is InChI=1S/C17H28N4O2/c1-13-8-18-17(21-7-3-5-15(10-21)12-23)19-16(13)20-6-2-4-14(9-20)11-22/h8,14-15,22-23H,2-7,9-12H2,1H3. The van der Waals surface area contributed by atoms with Crippen LogP contribution in [-0.4, -0.2) is 59.6 Å². The average molecular weight is 320 g/mol. The maximum atomic E-state index is 9.45. The number of hydrogen-bond donors (Lipinski definition) is 2. The fourth-order valence-corrected chi connectivity index (χ4v) is 3.70. The van der Waals surface area contributed by atoms with E-state index in [1.54, 1.807) is 0 Å². The molecule has 0 radical (unpaired) electrons. The number of hydrogen-bond acceptors (Lipinski definition) is 6. The summed E-state index contributed by atoms with van der Waals surface area (Å²) in [6.45, 7) is 6.18. The molecule has 0 saturated carbocycles. The summed E-state index contributed by atoms with van der Waals surface area (Å²) in [4.78, 5) is 13.8. The molecule has 2 aliphatic heterocycles. The van der Waals surface area contributed by atoms with Gasteiger partial charge in [0.25, 0.3) is 0 Å². The van der Waals surface area contributed by atoms with Crippen LogP contribution in [0.1, 0.15) is 31.2 Å². The lowest BCUT2D eigenvalue weighted by Crippen LogP contribution is -2.40. The fourth-order valence-electron chi connectivity index (χ4n) is 3.70. The summed E-state index contributed by atoms with van der Waals surface area (Å²) < 4.78 is 0. The Labute approximate surface area is 138 Å². The topological polar surface area (TPSA) is 72.7 Å². The highest BCUT2D eigenvalue weighted by atomic mass is 16.3. The summed E-state index contributed by atoms with van der Waals surface area (Å²) in [5, 5.41) is 18.9. The van der Waals surface area contributed by atoms with Crippen molar-refractivity contribution in [2.75, 3.05) is 49.2 Å². The van der Waals surface area contributed by atoms with Gasteiger partial charge in [0, 0.05) is 51.2 Å². The Morgan fingerprint density at radius 3 is 2.30 bits per heavy atom. The summed E-state index contributed by atoms with van der Waals surface area (Å²) in [7, 11) is 0. The van der Waals surface area contributed by atoms with Crippen LogP contribution in [0.4, 0.5) is 11.8 Å². The van der Waals surface area contributed by atoms with Gasteiger partial charge in [0.1, 0.15) is 5.82 Å². The number of rotatable bonds is 4. The highest BCUT2D eigenvalue weighted by Crippen LogP contribution is 2.27. The van der Waals surface area contributed by atoms with Gasteiger partial charge in [-0.25, -0.2) is 4.98 Å². The fraction of sp³-hybridized carbons (Fsp3) is 0.765. The minimum absolute atomic E-state index is 0.236. The van der Waals surface area contributed by atoms with Gasteiger partial charge in [-0.1, -0.05) is 0 Å². The number of piperidine rings is 2. The molecule has 6 nitrogen and oxygen atoms in total. The molecule has 2 aliphatic rings. The largest absolute Gasteiger partial charge is 0.396 e. The second-order valence-corrected chi connectivity index (χ2v) is 6.95. The Kier molecular flexibility index (Phi) is 5.33. The van der Waals surface area contributed by atoms with Crippen LogP contribution in [0.3, 0.4) is 0 Å². The predicted molar refractivity (Wildman–Crippen MR) is 90.8 cm³/mol. The summed E-state index contributed by atoms with van der Waals surface area (Å²) in [5.41, 5.74) is 1.09. The van der Waals surface area contributed by atoms with Crippen LogP contribution in [0.25, 0.3) is 0 Å². The summed E-state index contributed by atoms with van der Waals surface area (Å²) in [5.74, 6) is 2.44. The van der Waals surface area contributed by atoms with Crippen LogP contribution in [0.2, 0.25) is 0 Å². The van der Waals surface area contributed by atoms with E-state index in [0.717, 1.165) is 69.2 Å². The van der Waals surface area contributed by atoms with Gasteiger partial charge in [-0.3, -0.25) is 0 Å². The maximum Gasteiger partial charge on any atom is 0.227 e. The summed E-state index contributed by atoms with van der Waals surface area (Å²) in [6, 6.07) is 0. The van der Waals surface area contributed by atoms with Crippen LogP contribution in [-0.2, 0) is 0 Å². The number of aliphatic hydroxyl groups excluding tert-OH is 2. The number of nitrogens with zero attached hydrogens (tertiary/aromatic N) is 4. The van der Waals surface area contributed by atoms with Crippen molar-refractivity contribution >= 4 is 11.8 Å².